The van der Waals surface area contributed by atoms with E-state index < -0.39 is 0 Å². The van der Waals surface area contributed by atoms with Crippen molar-refractivity contribution in [2.75, 3.05) is 0 Å². The minimum Gasteiger partial charge on any atom is -0.342 e. The van der Waals surface area contributed by atoms with Crippen molar-refractivity contribution in [1.29, 1.82) is 0 Å². The quantitative estimate of drug-likeness (QED) is 0.696. The number of hydrogen-bond acceptors (Lipinski definition) is 1. The average Bonchev–Trinajstić information content (AvgIpc) is 2.81. The van der Waals surface area contributed by atoms with Crippen LogP contribution in [0.2, 0.25) is 0 Å². The summed E-state index contributed by atoms with van der Waals surface area (Å²) < 4.78 is 2.08. The second kappa shape index (κ2) is 9.56. The van der Waals surface area contributed by atoms with Crippen LogP contribution in [0.5, 0.6) is 0 Å². The molecule has 0 aliphatic heterocycles. The van der Waals surface area contributed by atoms with E-state index in [4.69, 9.17) is 0 Å². The Morgan fingerprint density at radius 1 is 1.05 bits per heavy atom. The minimum atomic E-state index is 0.986. The van der Waals surface area contributed by atoms with E-state index in [0.717, 1.165) is 22.3 Å². The summed E-state index contributed by atoms with van der Waals surface area (Å²) in [5.74, 6) is 0. The van der Waals surface area contributed by atoms with Crippen molar-refractivity contribution in [3.8, 4) is 0 Å². The zero-order chi connectivity index (χ0) is 15.5. The standard InChI is InChI=1S/C12H12N2.C4H6.C2H6/c1-4-9-10(5-2)14(3)11-7-6-8-13-12(9)11;1-3-4-2;1-2/h4-8H,1-2H2,3H3;3-4H,1-2H2;1-2H3. The number of fused-ring (bicyclic) bond motifs is 1. The molecule has 0 unspecified atom stereocenters. The summed E-state index contributed by atoms with van der Waals surface area (Å²) in [6, 6.07) is 3.98. The predicted octanol–water partition coefficient (Wildman–Crippen LogP) is 5.24. The number of rotatable bonds is 3. The number of hydrogen-bond donors (Lipinski definition) is 0. The summed E-state index contributed by atoms with van der Waals surface area (Å²) in [6.45, 7) is 18.3. The highest BCUT2D eigenvalue weighted by Crippen LogP contribution is 2.24. The molecule has 0 spiro atoms. The van der Waals surface area contributed by atoms with Crippen LogP contribution in [0.4, 0.5) is 0 Å². The average molecular weight is 268 g/mol. The van der Waals surface area contributed by atoms with Gasteiger partial charge >= 0.3 is 0 Å². The second-order valence-electron chi connectivity index (χ2n) is 3.61. The minimum absolute atomic E-state index is 0.986. The Balaban J connectivity index is 0.000000521. The molecule has 0 aromatic carbocycles. The third-order valence-electron chi connectivity index (χ3n) is 2.60. The molecule has 0 N–H and O–H groups in total. The van der Waals surface area contributed by atoms with Gasteiger partial charge in [-0.15, -0.1) is 0 Å². The lowest BCUT2D eigenvalue weighted by atomic mass is 10.2. The highest BCUT2D eigenvalue weighted by atomic mass is 15.0. The van der Waals surface area contributed by atoms with Gasteiger partial charge in [0.2, 0.25) is 0 Å². The number of aromatic nitrogens is 2. The highest BCUT2D eigenvalue weighted by molar-refractivity contribution is 5.90. The van der Waals surface area contributed by atoms with Crippen molar-refractivity contribution in [3.63, 3.8) is 0 Å². The maximum Gasteiger partial charge on any atom is 0.0959 e. The Labute approximate surface area is 122 Å². The topological polar surface area (TPSA) is 17.8 Å². The van der Waals surface area contributed by atoms with Gasteiger partial charge in [0.05, 0.1) is 11.0 Å². The molecule has 0 aliphatic carbocycles. The maximum absolute atomic E-state index is 4.34. The molecule has 0 amide bonds. The summed E-state index contributed by atoms with van der Waals surface area (Å²) in [7, 11) is 2.01. The molecule has 2 nitrogen and oxygen atoms in total. The van der Waals surface area contributed by atoms with E-state index in [1.807, 2.05) is 45.2 Å². The number of aryl methyl sites for hydroxylation is 1. The van der Waals surface area contributed by atoms with Crippen LogP contribution in [0.1, 0.15) is 25.1 Å². The van der Waals surface area contributed by atoms with Crippen LogP contribution in [0.3, 0.4) is 0 Å². The van der Waals surface area contributed by atoms with Gasteiger partial charge in [0, 0.05) is 24.5 Å². The van der Waals surface area contributed by atoms with E-state index in [1.54, 1.807) is 18.3 Å². The Hall–Kier alpha value is -2.35. The van der Waals surface area contributed by atoms with Crippen LogP contribution in [-0.4, -0.2) is 9.55 Å². The lowest BCUT2D eigenvalue weighted by Crippen LogP contribution is -1.90. The van der Waals surface area contributed by atoms with E-state index in [9.17, 15) is 0 Å². The summed E-state index contributed by atoms with van der Waals surface area (Å²) in [4.78, 5) is 4.34. The molecule has 0 saturated heterocycles. The Bertz CT molecular complexity index is 583. The summed E-state index contributed by atoms with van der Waals surface area (Å²) >= 11 is 0. The van der Waals surface area contributed by atoms with Gasteiger partial charge in [-0.25, -0.2) is 0 Å². The first-order valence-corrected chi connectivity index (χ1v) is 6.63. The molecule has 0 radical (unpaired) electrons. The zero-order valence-electron chi connectivity index (χ0n) is 12.8. The molecule has 20 heavy (non-hydrogen) atoms. The molecular weight excluding hydrogens is 244 g/mol. The van der Waals surface area contributed by atoms with Crippen molar-refractivity contribution >= 4 is 23.2 Å². The van der Waals surface area contributed by atoms with E-state index >= 15 is 0 Å². The van der Waals surface area contributed by atoms with Gasteiger partial charge in [-0.1, -0.05) is 58.4 Å². The number of nitrogens with zero attached hydrogens (tertiary/aromatic N) is 2. The number of pyridine rings is 1. The van der Waals surface area contributed by atoms with E-state index in [-0.39, 0.29) is 0 Å². The number of allylic oxidation sites excluding steroid dienone is 2. The van der Waals surface area contributed by atoms with Gasteiger partial charge in [-0.05, 0) is 18.2 Å². The van der Waals surface area contributed by atoms with Gasteiger partial charge < -0.3 is 4.57 Å². The molecule has 0 aliphatic rings. The van der Waals surface area contributed by atoms with E-state index in [1.165, 1.54) is 0 Å². The first-order valence-electron chi connectivity index (χ1n) is 6.63. The van der Waals surface area contributed by atoms with Crippen LogP contribution >= 0.6 is 0 Å². The SMILES string of the molecule is C=CC=C.C=Cc1c(C=C)n(C)c2cccnc12.CC. The second-order valence-corrected chi connectivity index (χ2v) is 3.61. The largest absolute Gasteiger partial charge is 0.342 e. The van der Waals surface area contributed by atoms with Gasteiger partial charge in [-0.2, -0.15) is 0 Å². The summed E-state index contributed by atoms with van der Waals surface area (Å²) in [5, 5.41) is 0. The molecule has 2 rings (SSSR count). The normalized spacial score (nSPS) is 8.55. The van der Waals surface area contributed by atoms with Crippen molar-refractivity contribution < 1.29 is 0 Å². The molecule has 0 fully saturated rings. The zero-order valence-corrected chi connectivity index (χ0v) is 12.8. The molecule has 2 aromatic heterocycles. The smallest absolute Gasteiger partial charge is 0.0959 e. The fourth-order valence-electron chi connectivity index (χ4n) is 1.75. The first kappa shape index (κ1) is 17.6. The van der Waals surface area contributed by atoms with Gasteiger partial charge in [0.15, 0.2) is 0 Å². The predicted molar refractivity (Wildman–Crippen MR) is 92.6 cm³/mol. The maximum atomic E-state index is 4.34. The van der Waals surface area contributed by atoms with Crippen molar-refractivity contribution in [2.45, 2.75) is 13.8 Å². The molecule has 2 heterocycles. The molecule has 0 atom stereocenters. The third-order valence-corrected chi connectivity index (χ3v) is 2.60. The lowest BCUT2D eigenvalue weighted by molar-refractivity contribution is 0.953. The monoisotopic (exact) mass is 268 g/mol. The molecule has 2 heteroatoms. The lowest BCUT2D eigenvalue weighted by Gasteiger charge is -1.97. The fourth-order valence-corrected chi connectivity index (χ4v) is 1.75. The van der Waals surface area contributed by atoms with Crippen molar-refractivity contribution in [3.05, 3.63) is 68.1 Å². The third kappa shape index (κ3) is 3.82. The molecule has 106 valence electrons. The van der Waals surface area contributed by atoms with Crippen LogP contribution < -0.4 is 0 Å². The fraction of sp³-hybridized carbons (Fsp3) is 0.167. The molecule has 2 aromatic rings. The Kier molecular flexibility index (Phi) is 8.44. The van der Waals surface area contributed by atoms with Crippen molar-refractivity contribution in [1.82, 2.24) is 9.55 Å². The van der Waals surface area contributed by atoms with Crippen LogP contribution in [0.25, 0.3) is 23.2 Å². The van der Waals surface area contributed by atoms with E-state index in [2.05, 4.69) is 35.9 Å². The van der Waals surface area contributed by atoms with Gasteiger partial charge in [-0.3, -0.25) is 4.98 Å². The first-order chi connectivity index (χ1) is 9.71. The Morgan fingerprint density at radius 3 is 2.10 bits per heavy atom. The van der Waals surface area contributed by atoms with Gasteiger partial charge in [0.1, 0.15) is 0 Å². The van der Waals surface area contributed by atoms with Crippen LogP contribution in [0, 0.1) is 0 Å². The van der Waals surface area contributed by atoms with Crippen LogP contribution in [0.15, 0.2) is 56.8 Å². The molecule has 0 bridgehead atoms. The van der Waals surface area contributed by atoms with Gasteiger partial charge in [0.25, 0.3) is 0 Å². The summed E-state index contributed by atoms with van der Waals surface area (Å²) in [5.41, 5.74) is 4.21. The summed E-state index contributed by atoms with van der Waals surface area (Å²) in [6.07, 6.45) is 8.73. The Morgan fingerprint density at radius 2 is 1.65 bits per heavy atom. The van der Waals surface area contributed by atoms with E-state index in [0.29, 0.717) is 0 Å². The van der Waals surface area contributed by atoms with Crippen LogP contribution in [-0.2, 0) is 7.05 Å². The molecule has 0 saturated carbocycles. The van der Waals surface area contributed by atoms with Crippen molar-refractivity contribution in [2.24, 2.45) is 7.05 Å². The molecular formula is C18H24N2. The highest BCUT2D eigenvalue weighted by Gasteiger charge is 2.10.